The second kappa shape index (κ2) is 3.68. The Bertz CT molecular complexity index is 650. The summed E-state index contributed by atoms with van der Waals surface area (Å²) in [6, 6.07) is 13.1. The molecule has 1 aliphatic heterocycles. The standard InChI is InChI=1S/C17H19N/c1-11-14-10-9-13-7-5-6-8-15(13)16(14)12(2)18-17(11,3)4/h5-11H,1-4H3/t11-/m0/s1. The second-order valence-corrected chi connectivity index (χ2v) is 5.82. The largest absolute Gasteiger partial charge is 0.283 e. The van der Waals surface area contributed by atoms with E-state index in [-0.39, 0.29) is 5.54 Å². The van der Waals surface area contributed by atoms with Crippen LogP contribution >= 0.6 is 0 Å². The summed E-state index contributed by atoms with van der Waals surface area (Å²) < 4.78 is 0. The molecule has 18 heavy (non-hydrogen) atoms. The number of nitrogens with zero attached hydrogens (tertiary/aromatic N) is 1. The smallest absolute Gasteiger partial charge is 0.0621 e. The third-order valence-electron chi connectivity index (χ3n) is 4.31. The fourth-order valence-electron chi connectivity index (χ4n) is 3.02. The van der Waals surface area contributed by atoms with E-state index in [2.05, 4.69) is 64.1 Å². The van der Waals surface area contributed by atoms with Gasteiger partial charge in [0.15, 0.2) is 0 Å². The molecule has 0 N–H and O–H groups in total. The topological polar surface area (TPSA) is 12.4 Å². The number of fused-ring (bicyclic) bond motifs is 3. The van der Waals surface area contributed by atoms with Gasteiger partial charge in [-0.3, -0.25) is 4.99 Å². The highest BCUT2D eigenvalue weighted by Crippen LogP contribution is 2.40. The van der Waals surface area contributed by atoms with Crippen molar-refractivity contribution in [2.24, 2.45) is 4.99 Å². The number of hydrogen-bond acceptors (Lipinski definition) is 1. The summed E-state index contributed by atoms with van der Waals surface area (Å²) in [5.74, 6) is 0.459. The van der Waals surface area contributed by atoms with Gasteiger partial charge in [0, 0.05) is 17.2 Å². The van der Waals surface area contributed by atoms with Gasteiger partial charge in [-0.1, -0.05) is 43.3 Å². The van der Waals surface area contributed by atoms with Crippen LogP contribution in [0.1, 0.15) is 44.7 Å². The molecular weight excluding hydrogens is 218 g/mol. The van der Waals surface area contributed by atoms with Gasteiger partial charge in [0.05, 0.1) is 5.54 Å². The lowest BCUT2D eigenvalue weighted by Gasteiger charge is -2.35. The van der Waals surface area contributed by atoms with Crippen LogP contribution in [0, 0.1) is 0 Å². The maximum absolute atomic E-state index is 4.90. The van der Waals surface area contributed by atoms with Crippen molar-refractivity contribution >= 4 is 16.5 Å². The lowest BCUT2D eigenvalue weighted by atomic mass is 9.77. The predicted molar refractivity (Wildman–Crippen MR) is 78.7 cm³/mol. The van der Waals surface area contributed by atoms with E-state index in [9.17, 15) is 0 Å². The van der Waals surface area contributed by atoms with Crippen LogP contribution in [0.4, 0.5) is 0 Å². The van der Waals surface area contributed by atoms with Gasteiger partial charge in [0.1, 0.15) is 0 Å². The van der Waals surface area contributed by atoms with E-state index in [1.807, 2.05) is 0 Å². The van der Waals surface area contributed by atoms with Crippen molar-refractivity contribution in [1.82, 2.24) is 0 Å². The Kier molecular flexibility index (Phi) is 2.34. The molecule has 2 aromatic carbocycles. The highest BCUT2D eigenvalue weighted by Gasteiger charge is 2.33. The minimum atomic E-state index is -0.000456. The molecular formula is C17H19N. The Morgan fingerprint density at radius 3 is 2.56 bits per heavy atom. The van der Waals surface area contributed by atoms with Crippen molar-refractivity contribution in [2.45, 2.75) is 39.2 Å². The number of aliphatic imine (C=N–C) groups is 1. The summed E-state index contributed by atoms with van der Waals surface area (Å²) in [7, 11) is 0. The molecule has 1 nitrogen and oxygen atoms in total. The fourth-order valence-corrected chi connectivity index (χ4v) is 3.02. The van der Waals surface area contributed by atoms with Crippen LogP contribution in [-0.2, 0) is 0 Å². The Labute approximate surface area is 109 Å². The van der Waals surface area contributed by atoms with Gasteiger partial charge in [0.25, 0.3) is 0 Å². The van der Waals surface area contributed by atoms with Gasteiger partial charge in [0.2, 0.25) is 0 Å². The zero-order valence-corrected chi connectivity index (χ0v) is 11.5. The van der Waals surface area contributed by atoms with E-state index in [0.717, 1.165) is 0 Å². The second-order valence-electron chi connectivity index (χ2n) is 5.82. The molecule has 0 aliphatic carbocycles. The molecule has 0 spiro atoms. The lowest BCUT2D eigenvalue weighted by molar-refractivity contribution is 0.432. The molecule has 0 unspecified atom stereocenters. The first-order valence-corrected chi connectivity index (χ1v) is 6.59. The first-order valence-electron chi connectivity index (χ1n) is 6.59. The van der Waals surface area contributed by atoms with Crippen molar-refractivity contribution < 1.29 is 0 Å². The first-order chi connectivity index (χ1) is 8.50. The summed E-state index contributed by atoms with van der Waals surface area (Å²) in [6.07, 6.45) is 0. The molecule has 0 radical (unpaired) electrons. The Balaban J connectivity index is 2.39. The normalized spacial score (nSPS) is 21.6. The summed E-state index contributed by atoms with van der Waals surface area (Å²) in [5.41, 5.74) is 3.95. The minimum Gasteiger partial charge on any atom is -0.283 e. The minimum absolute atomic E-state index is 0.000456. The molecule has 1 atom stereocenters. The molecule has 0 aromatic heterocycles. The van der Waals surface area contributed by atoms with Gasteiger partial charge < -0.3 is 0 Å². The van der Waals surface area contributed by atoms with Crippen LogP contribution in [0.25, 0.3) is 10.8 Å². The van der Waals surface area contributed by atoms with Crippen molar-refractivity contribution in [3.05, 3.63) is 47.5 Å². The van der Waals surface area contributed by atoms with Crippen LogP contribution < -0.4 is 0 Å². The average molecular weight is 237 g/mol. The van der Waals surface area contributed by atoms with Gasteiger partial charge in [-0.2, -0.15) is 0 Å². The molecule has 0 bridgehead atoms. The van der Waals surface area contributed by atoms with Crippen molar-refractivity contribution in [3.8, 4) is 0 Å². The van der Waals surface area contributed by atoms with E-state index < -0.39 is 0 Å². The van der Waals surface area contributed by atoms with Crippen molar-refractivity contribution in [2.75, 3.05) is 0 Å². The zero-order chi connectivity index (χ0) is 12.9. The number of hydrogen-bond donors (Lipinski definition) is 0. The van der Waals surface area contributed by atoms with Crippen LogP contribution in [0.2, 0.25) is 0 Å². The molecule has 1 heteroatoms. The van der Waals surface area contributed by atoms with Crippen LogP contribution in [0.5, 0.6) is 0 Å². The SMILES string of the molecule is CC1=NC(C)(C)[C@@H](C)c2ccc3ccccc3c21. The molecule has 0 saturated heterocycles. The summed E-state index contributed by atoms with van der Waals surface area (Å²) in [6.45, 7) is 8.86. The fraction of sp³-hybridized carbons (Fsp3) is 0.353. The van der Waals surface area contributed by atoms with Gasteiger partial charge in [-0.15, -0.1) is 0 Å². The summed E-state index contributed by atoms with van der Waals surface area (Å²) in [5, 5.41) is 2.64. The predicted octanol–water partition coefficient (Wildman–Crippen LogP) is 4.54. The van der Waals surface area contributed by atoms with Gasteiger partial charge in [-0.05, 0) is 37.1 Å². The lowest BCUT2D eigenvalue weighted by Crippen LogP contribution is -2.31. The molecule has 0 amide bonds. The molecule has 0 saturated carbocycles. The highest BCUT2D eigenvalue weighted by molar-refractivity contribution is 6.12. The van der Waals surface area contributed by atoms with Crippen LogP contribution in [0.15, 0.2) is 41.4 Å². The zero-order valence-electron chi connectivity index (χ0n) is 11.5. The van der Waals surface area contributed by atoms with Crippen LogP contribution in [0.3, 0.4) is 0 Å². The summed E-state index contributed by atoms with van der Waals surface area (Å²) in [4.78, 5) is 4.90. The number of benzene rings is 2. The molecule has 1 heterocycles. The quantitative estimate of drug-likeness (QED) is 0.637. The number of rotatable bonds is 0. The Hall–Kier alpha value is -1.63. The monoisotopic (exact) mass is 237 g/mol. The first kappa shape index (κ1) is 11.5. The molecule has 2 aromatic rings. The van der Waals surface area contributed by atoms with E-state index in [4.69, 9.17) is 4.99 Å². The highest BCUT2D eigenvalue weighted by atomic mass is 14.9. The molecule has 92 valence electrons. The van der Waals surface area contributed by atoms with E-state index >= 15 is 0 Å². The van der Waals surface area contributed by atoms with Gasteiger partial charge >= 0.3 is 0 Å². The van der Waals surface area contributed by atoms with Crippen LogP contribution in [-0.4, -0.2) is 11.3 Å². The van der Waals surface area contributed by atoms with Gasteiger partial charge in [-0.25, -0.2) is 0 Å². The average Bonchev–Trinajstić information content (AvgIpc) is 2.34. The van der Waals surface area contributed by atoms with E-state index in [1.54, 1.807) is 0 Å². The Morgan fingerprint density at radius 2 is 1.78 bits per heavy atom. The third-order valence-corrected chi connectivity index (χ3v) is 4.31. The molecule has 3 rings (SSSR count). The molecule has 0 fully saturated rings. The molecule has 1 aliphatic rings. The van der Waals surface area contributed by atoms with Crippen molar-refractivity contribution in [1.29, 1.82) is 0 Å². The Morgan fingerprint density at radius 1 is 1.06 bits per heavy atom. The van der Waals surface area contributed by atoms with E-state index in [1.165, 1.54) is 27.6 Å². The van der Waals surface area contributed by atoms with E-state index in [0.29, 0.717) is 5.92 Å². The van der Waals surface area contributed by atoms with Crippen molar-refractivity contribution in [3.63, 3.8) is 0 Å². The maximum Gasteiger partial charge on any atom is 0.0621 e. The summed E-state index contributed by atoms with van der Waals surface area (Å²) >= 11 is 0. The third kappa shape index (κ3) is 1.50. The maximum atomic E-state index is 4.90.